The van der Waals surface area contributed by atoms with Crippen molar-refractivity contribution in [3.8, 4) is 11.5 Å². The number of ketones is 2. The molecule has 4 aliphatic rings. The maximum Gasteiger partial charge on any atom is 0.276 e. The minimum atomic E-state index is -1.18. The normalized spacial score (nSPS) is 26.8. The van der Waals surface area contributed by atoms with Gasteiger partial charge in [-0.25, -0.2) is 0 Å². The van der Waals surface area contributed by atoms with Gasteiger partial charge in [-0.05, 0) is 36.1 Å². The van der Waals surface area contributed by atoms with Crippen molar-refractivity contribution in [1.82, 2.24) is 10.9 Å². The smallest absolute Gasteiger partial charge is 0.276 e. The van der Waals surface area contributed by atoms with Crippen molar-refractivity contribution in [1.29, 1.82) is 0 Å². The zero-order valence-electron chi connectivity index (χ0n) is 19.9. The van der Waals surface area contributed by atoms with E-state index in [1.165, 1.54) is 24.9 Å². The fraction of sp³-hybridized carbons (Fsp3) is 0.308. The maximum absolute atomic E-state index is 13.5. The van der Waals surface area contributed by atoms with Gasteiger partial charge in [0.2, 0.25) is 0 Å². The summed E-state index contributed by atoms with van der Waals surface area (Å²) in [6.45, 7) is 1.84. The number of fused-ring (bicyclic) bond motifs is 3. The molecule has 0 radical (unpaired) electrons. The van der Waals surface area contributed by atoms with Crippen LogP contribution < -0.4 is 15.6 Å². The van der Waals surface area contributed by atoms with Gasteiger partial charge in [0.15, 0.2) is 11.6 Å². The summed E-state index contributed by atoms with van der Waals surface area (Å²) < 4.78 is 5.38. The van der Waals surface area contributed by atoms with Crippen molar-refractivity contribution in [3.05, 3.63) is 64.3 Å². The summed E-state index contributed by atoms with van der Waals surface area (Å²) in [5, 5.41) is 31.9. The number of phenolic OH excluding ortho intramolecular Hbond substituents is 1. The third kappa shape index (κ3) is 4.02. The number of methoxy groups -OCH3 is 1. The molecule has 1 aromatic rings. The van der Waals surface area contributed by atoms with Crippen molar-refractivity contribution in [2.45, 2.75) is 29.9 Å². The molecule has 0 aromatic heterocycles. The molecule has 3 aliphatic carbocycles. The molecule has 4 unspecified atom stereocenters. The van der Waals surface area contributed by atoms with Crippen LogP contribution in [-0.4, -0.2) is 50.0 Å². The SMILES string of the molecule is COc1ccc(O)c2c1SC1C(=C(O)C3C(=O)C(C(=O)NNC4=CCC(=S)C=C4)=C(O)CC3C1C)C2=O. The molecule has 4 atom stereocenters. The molecule has 5 N–H and O–H groups in total. The van der Waals surface area contributed by atoms with E-state index in [0.717, 1.165) is 4.86 Å². The second-order valence-corrected chi connectivity index (χ2v) is 11.0. The number of thioether (sulfide) groups is 1. The van der Waals surface area contributed by atoms with Crippen LogP contribution in [-0.2, 0) is 9.59 Å². The molecule has 9 nitrogen and oxygen atoms in total. The number of aromatic hydroxyl groups is 1. The number of ether oxygens (including phenoxy) is 1. The number of aliphatic hydroxyl groups is 2. The van der Waals surface area contributed by atoms with E-state index < -0.39 is 45.9 Å². The standard InChI is InChI=1S/C26H24N2O7S2/c1-10-13-9-15(30)19(26(34)28-27-11-3-5-12(36)6-4-11)21(31)17(13)22(32)20-23(33)18-14(29)7-8-16(35-2)25(18)37-24(10)20/h3-5,7-8,10,13,17,24,27,29-30,32H,6,9H2,1-2H3,(H,28,34). The molecular weight excluding hydrogens is 516 g/mol. The first-order valence-electron chi connectivity index (χ1n) is 11.6. The summed E-state index contributed by atoms with van der Waals surface area (Å²) in [7, 11) is 1.46. The van der Waals surface area contributed by atoms with E-state index in [1.54, 1.807) is 24.3 Å². The van der Waals surface area contributed by atoms with Crippen LogP contribution in [0.5, 0.6) is 11.5 Å². The van der Waals surface area contributed by atoms with E-state index in [0.29, 0.717) is 22.8 Å². The number of nitrogens with one attached hydrogen (secondary N) is 2. The number of hydrogen-bond acceptors (Lipinski definition) is 10. The summed E-state index contributed by atoms with van der Waals surface area (Å²) in [4.78, 5) is 41.2. The van der Waals surface area contributed by atoms with Gasteiger partial charge >= 0.3 is 0 Å². The van der Waals surface area contributed by atoms with Crippen LogP contribution in [0.4, 0.5) is 0 Å². The molecule has 0 saturated carbocycles. The van der Waals surface area contributed by atoms with Crippen molar-refractivity contribution >= 4 is 46.3 Å². The van der Waals surface area contributed by atoms with Gasteiger partial charge in [-0.3, -0.25) is 25.2 Å². The Kier molecular flexibility index (Phi) is 6.36. The highest BCUT2D eigenvalue weighted by Crippen LogP contribution is 2.56. The molecule has 1 aromatic carbocycles. The minimum Gasteiger partial charge on any atom is -0.511 e. The number of rotatable bonds is 4. The molecular formula is C26H24N2O7S2. The molecule has 1 heterocycles. The lowest BCUT2D eigenvalue weighted by Gasteiger charge is -2.44. The third-order valence-corrected chi connectivity index (χ3v) is 9.10. The predicted octanol–water partition coefficient (Wildman–Crippen LogP) is 3.37. The third-order valence-electron chi connectivity index (χ3n) is 7.24. The number of benzene rings is 1. The van der Waals surface area contributed by atoms with E-state index >= 15 is 0 Å². The number of hydrazine groups is 1. The Morgan fingerprint density at radius 1 is 1.19 bits per heavy atom. The average Bonchev–Trinajstić information content (AvgIpc) is 2.86. The molecule has 37 heavy (non-hydrogen) atoms. The first-order chi connectivity index (χ1) is 17.6. The lowest BCUT2D eigenvalue weighted by atomic mass is 9.64. The van der Waals surface area contributed by atoms with Crippen LogP contribution >= 0.6 is 24.0 Å². The number of amides is 1. The van der Waals surface area contributed by atoms with Crippen LogP contribution in [0, 0.1) is 17.8 Å². The van der Waals surface area contributed by atoms with Crippen LogP contribution in [0.3, 0.4) is 0 Å². The Morgan fingerprint density at radius 2 is 1.95 bits per heavy atom. The number of Topliss-reactive ketones (excluding diaryl/α,β-unsaturated/α-hetero) is 2. The van der Waals surface area contributed by atoms with Gasteiger partial charge in [0.05, 0.1) is 34.8 Å². The fourth-order valence-corrected chi connectivity index (χ4v) is 7.08. The summed E-state index contributed by atoms with van der Waals surface area (Å²) >= 11 is 6.36. The first-order valence-corrected chi connectivity index (χ1v) is 12.9. The van der Waals surface area contributed by atoms with Gasteiger partial charge in [-0.2, -0.15) is 0 Å². The zero-order chi connectivity index (χ0) is 26.6. The van der Waals surface area contributed by atoms with Crippen molar-refractivity contribution < 1.29 is 34.4 Å². The Morgan fingerprint density at radius 3 is 2.62 bits per heavy atom. The number of thiocarbonyl (C=S) groups is 1. The summed E-state index contributed by atoms with van der Waals surface area (Å²) in [5.74, 6) is -4.91. The van der Waals surface area contributed by atoms with Gasteiger partial charge in [0, 0.05) is 23.0 Å². The summed E-state index contributed by atoms with van der Waals surface area (Å²) in [6.07, 6.45) is 5.66. The van der Waals surface area contributed by atoms with Gasteiger partial charge in [0.25, 0.3) is 5.91 Å². The van der Waals surface area contributed by atoms with Gasteiger partial charge in [-0.1, -0.05) is 25.2 Å². The second kappa shape index (κ2) is 9.38. The van der Waals surface area contributed by atoms with Crippen LogP contribution in [0.25, 0.3) is 0 Å². The highest BCUT2D eigenvalue weighted by atomic mass is 32.2. The lowest BCUT2D eigenvalue weighted by Crippen LogP contribution is -2.49. The van der Waals surface area contributed by atoms with E-state index in [9.17, 15) is 29.7 Å². The lowest BCUT2D eigenvalue weighted by molar-refractivity contribution is -0.127. The molecule has 5 rings (SSSR count). The molecule has 11 heteroatoms. The van der Waals surface area contributed by atoms with Crippen molar-refractivity contribution in [2.24, 2.45) is 17.8 Å². The zero-order valence-corrected chi connectivity index (χ0v) is 21.5. The predicted molar refractivity (Wildman–Crippen MR) is 139 cm³/mol. The molecule has 1 aliphatic heterocycles. The number of aliphatic hydroxyl groups excluding tert-OH is 2. The Bertz CT molecular complexity index is 1390. The van der Waals surface area contributed by atoms with Gasteiger partial charge in [0.1, 0.15) is 28.6 Å². The van der Waals surface area contributed by atoms with Gasteiger partial charge < -0.3 is 20.1 Å². The molecule has 0 bridgehead atoms. The number of hydrogen-bond donors (Lipinski definition) is 5. The van der Waals surface area contributed by atoms with Crippen LogP contribution in [0.15, 0.2) is 63.6 Å². The number of phenols is 1. The Labute approximate surface area is 221 Å². The van der Waals surface area contributed by atoms with Crippen LogP contribution in [0.2, 0.25) is 0 Å². The Balaban J connectivity index is 1.48. The highest BCUT2D eigenvalue weighted by molar-refractivity contribution is 8.00. The fourth-order valence-electron chi connectivity index (χ4n) is 5.33. The molecule has 0 fully saturated rings. The monoisotopic (exact) mass is 540 g/mol. The van der Waals surface area contributed by atoms with Crippen molar-refractivity contribution in [3.63, 3.8) is 0 Å². The molecule has 0 spiro atoms. The van der Waals surface area contributed by atoms with Crippen molar-refractivity contribution in [2.75, 3.05) is 7.11 Å². The molecule has 192 valence electrons. The number of allylic oxidation sites excluding steroid dienone is 5. The van der Waals surface area contributed by atoms with E-state index in [2.05, 4.69) is 10.9 Å². The largest absolute Gasteiger partial charge is 0.511 e. The first kappa shape index (κ1) is 25.1. The van der Waals surface area contributed by atoms with E-state index in [-0.39, 0.29) is 35.0 Å². The van der Waals surface area contributed by atoms with E-state index in [4.69, 9.17) is 17.0 Å². The minimum absolute atomic E-state index is 0.00454. The molecule has 0 saturated heterocycles. The topological polar surface area (TPSA) is 145 Å². The highest BCUT2D eigenvalue weighted by Gasteiger charge is 2.54. The number of carbonyl (C=O) groups is 3. The van der Waals surface area contributed by atoms with E-state index in [1.807, 2.05) is 6.92 Å². The number of carbonyl (C=O) groups excluding carboxylic acids is 3. The Hall–Kier alpha value is -3.57. The molecule has 1 amide bonds. The van der Waals surface area contributed by atoms with Gasteiger partial charge in [-0.15, -0.1) is 11.8 Å². The van der Waals surface area contributed by atoms with Crippen LogP contribution in [0.1, 0.15) is 30.1 Å². The summed E-state index contributed by atoms with van der Waals surface area (Å²) in [6, 6.07) is 2.90. The summed E-state index contributed by atoms with van der Waals surface area (Å²) in [5.41, 5.74) is 5.24. The average molecular weight is 541 g/mol. The quantitative estimate of drug-likeness (QED) is 0.219. The second-order valence-electron chi connectivity index (χ2n) is 9.29. The maximum atomic E-state index is 13.5.